The highest BCUT2D eigenvalue weighted by Gasteiger charge is 2.27. The lowest BCUT2D eigenvalue weighted by atomic mass is 10.0. The molecule has 1 aliphatic heterocycles. The second-order valence-electron chi connectivity index (χ2n) is 8.30. The van der Waals surface area contributed by atoms with Crippen LogP contribution in [0.25, 0.3) is 0 Å². The maximum absolute atomic E-state index is 12.7. The molecule has 0 saturated carbocycles. The average Bonchev–Trinajstić information content (AvgIpc) is 3.04. The standard InChI is InChI=1S/C23H33N5O3/c1-17-6-4-5-7-21(17)31-16-22(29)26-19-9-8-18(14-27(2)15-19)23(30)24-12-10-20-11-13-25-28(20)3/h4-7,11,13,18-19H,8-10,12,14-16H2,1-3H3,(H,24,30)(H,26,29)/t18-,19+/m1/s1. The second kappa shape index (κ2) is 10.9. The highest BCUT2D eigenvalue weighted by Crippen LogP contribution is 2.18. The number of aryl methyl sites for hydroxylation is 2. The van der Waals surface area contributed by atoms with Gasteiger partial charge in [0.1, 0.15) is 5.75 Å². The predicted molar refractivity (Wildman–Crippen MR) is 119 cm³/mol. The van der Waals surface area contributed by atoms with Crippen molar-refractivity contribution in [3.05, 3.63) is 47.8 Å². The molecule has 0 spiro atoms. The summed E-state index contributed by atoms with van der Waals surface area (Å²) in [6, 6.07) is 9.61. The maximum Gasteiger partial charge on any atom is 0.258 e. The first-order chi connectivity index (χ1) is 14.9. The van der Waals surface area contributed by atoms with E-state index in [1.807, 2.05) is 56.0 Å². The number of hydrogen-bond acceptors (Lipinski definition) is 5. The molecule has 1 saturated heterocycles. The van der Waals surface area contributed by atoms with E-state index < -0.39 is 0 Å². The summed E-state index contributed by atoms with van der Waals surface area (Å²) in [6.07, 6.45) is 4.02. The fourth-order valence-corrected chi connectivity index (χ4v) is 3.98. The zero-order chi connectivity index (χ0) is 22.2. The van der Waals surface area contributed by atoms with Crippen molar-refractivity contribution in [2.45, 2.75) is 32.2 Å². The number of benzene rings is 1. The van der Waals surface area contributed by atoms with E-state index in [0.717, 1.165) is 42.8 Å². The van der Waals surface area contributed by atoms with Crippen LogP contribution in [0.15, 0.2) is 36.5 Å². The van der Waals surface area contributed by atoms with E-state index in [1.54, 1.807) is 6.20 Å². The van der Waals surface area contributed by atoms with E-state index in [1.165, 1.54) is 0 Å². The largest absolute Gasteiger partial charge is 0.484 e. The lowest BCUT2D eigenvalue weighted by molar-refractivity contribution is -0.125. The third-order valence-electron chi connectivity index (χ3n) is 5.72. The number of likely N-dealkylation sites (tertiary alicyclic amines) is 1. The number of amides is 2. The first-order valence-corrected chi connectivity index (χ1v) is 10.8. The van der Waals surface area contributed by atoms with E-state index in [9.17, 15) is 9.59 Å². The fraction of sp³-hybridized carbons (Fsp3) is 0.522. The van der Waals surface area contributed by atoms with Crippen LogP contribution in [0, 0.1) is 12.8 Å². The lowest BCUT2D eigenvalue weighted by Crippen LogP contribution is -2.43. The summed E-state index contributed by atoms with van der Waals surface area (Å²) >= 11 is 0. The van der Waals surface area contributed by atoms with Gasteiger partial charge in [-0.25, -0.2) is 0 Å². The lowest BCUT2D eigenvalue weighted by Gasteiger charge is -2.22. The Balaban J connectivity index is 1.42. The minimum Gasteiger partial charge on any atom is -0.484 e. The van der Waals surface area contributed by atoms with Gasteiger partial charge in [-0.3, -0.25) is 14.3 Å². The topological polar surface area (TPSA) is 88.5 Å². The fourth-order valence-electron chi connectivity index (χ4n) is 3.98. The number of carbonyl (C=O) groups is 2. The number of aromatic nitrogens is 2. The molecule has 0 bridgehead atoms. The molecule has 2 atom stereocenters. The van der Waals surface area contributed by atoms with Gasteiger partial charge in [0.15, 0.2) is 6.61 Å². The third kappa shape index (κ3) is 6.82. The van der Waals surface area contributed by atoms with Crippen molar-refractivity contribution in [3.8, 4) is 5.75 Å². The van der Waals surface area contributed by atoms with Gasteiger partial charge in [-0.1, -0.05) is 18.2 Å². The predicted octanol–water partition coefficient (Wildman–Crippen LogP) is 1.29. The summed E-state index contributed by atoms with van der Waals surface area (Å²) in [5.74, 6) is 0.574. The first kappa shape index (κ1) is 22.8. The smallest absolute Gasteiger partial charge is 0.258 e. The minimum atomic E-state index is -0.138. The van der Waals surface area contributed by atoms with Crippen LogP contribution in [-0.4, -0.2) is 65.8 Å². The number of para-hydroxylation sites is 1. The summed E-state index contributed by atoms with van der Waals surface area (Å²) < 4.78 is 7.47. The number of ether oxygens (including phenoxy) is 1. The number of hydrogen-bond donors (Lipinski definition) is 2. The van der Waals surface area contributed by atoms with Gasteiger partial charge in [0.2, 0.25) is 5.91 Å². The summed E-state index contributed by atoms with van der Waals surface area (Å²) in [5, 5.41) is 10.3. The van der Waals surface area contributed by atoms with E-state index in [0.29, 0.717) is 13.1 Å². The molecule has 1 fully saturated rings. The van der Waals surface area contributed by atoms with Gasteiger partial charge in [0.25, 0.3) is 5.91 Å². The Labute approximate surface area is 183 Å². The van der Waals surface area contributed by atoms with Gasteiger partial charge >= 0.3 is 0 Å². The van der Waals surface area contributed by atoms with E-state index in [2.05, 4.69) is 20.6 Å². The molecule has 168 valence electrons. The number of nitrogens with zero attached hydrogens (tertiary/aromatic N) is 3. The van der Waals surface area contributed by atoms with Crippen molar-refractivity contribution in [1.82, 2.24) is 25.3 Å². The zero-order valence-electron chi connectivity index (χ0n) is 18.6. The first-order valence-electron chi connectivity index (χ1n) is 10.8. The van der Waals surface area contributed by atoms with Crippen LogP contribution in [-0.2, 0) is 23.1 Å². The molecule has 3 rings (SSSR count). The maximum atomic E-state index is 12.7. The number of carbonyl (C=O) groups excluding carboxylic acids is 2. The molecule has 1 aliphatic rings. The summed E-state index contributed by atoms with van der Waals surface area (Å²) in [4.78, 5) is 27.1. The molecular formula is C23H33N5O3. The summed E-state index contributed by atoms with van der Waals surface area (Å²) in [7, 11) is 3.89. The molecule has 0 aliphatic carbocycles. The van der Waals surface area contributed by atoms with Crippen molar-refractivity contribution >= 4 is 11.8 Å². The SMILES string of the molecule is Cc1ccccc1OCC(=O)N[C@H]1CC[C@@H](C(=O)NCCc2ccnn2C)CN(C)C1. The number of nitrogens with one attached hydrogen (secondary N) is 2. The van der Waals surface area contributed by atoms with Crippen LogP contribution < -0.4 is 15.4 Å². The molecule has 2 N–H and O–H groups in total. The van der Waals surface area contributed by atoms with Gasteiger partial charge in [-0.2, -0.15) is 5.10 Å². The van der Waals surface area contributed by atoms with Crippen molar-refractivity contribution in [2.75, 3.05) is 33.3 Å². The third-order valence-corrected chi connectivity index (χ3v) is 5.72. The van der Waals surface area contributed by atoms with Crippen LogP contribution in [0.5, 0.6) is 5.75 Å². The van der Waals surface area contributed by atoms with Crippen molar-refractivity contribution in [2.24, 2.45) is 13.0 Å². The molecule has 0 radical (unpaired) electrons. The van der Waals surface area contributed by atoms with Crippen LogP contribution in [0.2, 0.25) is 0 Å². The number of likely N-dealkylation sites (N-methyl/N-ethyl adjacent to an activating group) is 1. The average molecular weight is 428 g/mol. The molecule has 1 aromatic carbocycles. The molecular weight excluding hydrogens is 394 g/mol. The van der Waals surface area contributed by atoms with E-state index in [4.69, 9.17) is 4.74 Å². The molecule has 1 aromatic heterocycles. The van der Waals surface area contributed by atoms with Gasteiger partial charge in [0, 0.05) is 51.0 Å². The quantitative estimate of drug-likeness (QED) is 0.663. The summed E-state index contributed by atoms with van der Waals surface area (Å²) in [6.45, 7) is 3.94. The van der Waals surface area contributed by atoms with E-state index in [-0.39, 0.29) is 30.4 Å². The van der Waals surface area contributed by atoms with Gasteiger partial charge in [-0.05, 0) is 44.5 Å². The monoisotopic (exact) mass is 427 g/mol. The Bertz CT molecular complexity index is 882. The number of rotatable bonds is 8. The minimum absolute atomic E-state index is 0.00483. The van der Waals surface area contributed by atoms with Crippen LogP contribution in [0.1, 0.15) is 24.1 Å². The van der Waals surface area contributed by atoms with Gasteiger partial charge < -0.3 is 20.3 Å². The molecule has 0 unspecified atom stereocenters. The Morgan fingerprint density at radius 3 is 2.71 bits per heavy atom. The molecule has 8 nitrogen and oxygen atoms in total. The van der Waals surface area contributed by atoms with Crippen molar-refractivity contribution in [1.29, 1.82) is 0 Å². The highest BCUT2D eigenvalue weighted by molar-refractivity contribution is 5.79. The second-order valence-corrected chi connectivity index (χ2v) is 8.30. The van der Waals surface area contributed by atoms with Crippen molar-refractivity contribution in [3.63, 3.8) is 0 Å². The Morgan fingerprint density at radius 1 is 1.16 bits per heavy atom. The van der Waals surface area contributed by atoms with Crippen molar-refractivity contribution < 1.29 is 14.3 Å². The zero-order valence-corrected chi connectivity index (χ0v) is 18.6. The Kier molecular flexibility index (Phi) is 8.06. The van der Waals surface area contributed by atoms with E-state index >= 15 is 0 Å². The summed E-state index contributed by atoms with van der Waals surface area (Å²) in [5.41, 5.74) is 2.09. The molecule has 8 heteroatoms. The Morgan fingerprint density at radius 2 is 1.97 bits per heavy atom. The highest BCUT2D eigenvalue weighted by atomic mass is 16.5. The molecule has 2 heterocycles. The van der Waals surface area contributed by atoms with Crippen LogP contribution in [0.4, 0.5) is 0 Å². The van der Waals surface area contributed by atoms with Gasteiger partial charge in [-0.15, -0.1) is 0 Å². The molecule has 2 aromatic rings. The van der Waals surface area contributed by atoms with Gasteiger partial charge in [0.05, 0.1) is 5.92 Å². The normalized spacial score (nSPS) is 19.5. The molecule has 2 amide bonds. The molecule has 31 heavy (non-hydrogen) atoms. The van der Waals surface area contributed by atoms with Crippen LogP contribution >= 0.6 is 0 Å². The van der Waals surface area contributed by atoms with Crippen LogP contribution in [0.3, 0.4) is 0 Å². The Hall–Kier alpha value is -2.87.